The van der Waals surface area contributed by atoms with Crippen LogP contribution < -0.4 is 10.2 Å². The molecule has 2 aromatic carbocycles. The van der Waals surface area contributed by atoms with E-state index in [0.717, 1.165) is 17.7 Å². The summed E-state index contributed by atoms with van der Waals surface area (Å²) in [5, 5.41) is 2.10. The first-order valence-electron chi connectivity index (χ1n) is 9.25. The molecule has 1 fully saturated rings. The smallest absolute Gasteiger partial charge is 0.416 e. The molecule has 1 heterocycles. The van der Waals surface area contributed by atoms with Gasteiger partial charge in [0.15, 0.2) is 6.61 Å². The number of hydrogen-bond donors (Lipinski definition) is 1. The molecule has 1 aliphatic heterocycles. The molecule has 1 saturated heterocycles. The number of anilines is 2. The van der Waals surface area contributed by atoms with Crippen molar-refractivity contribution < 1.29 is 32.3 Å². The van der Waals surface area contributed by atoms with Crippen LogP contribution in [0, 0.1) is 12.8 Å². The molecule has 1 atom stereocenters. The highest BCUT2D eigenvalue weighted by molar-refractivity contribution is 6.33. The fraction of sp³-hybridized carbons (Fsp3) is 0.286. The molecule has 10 heteroatoms. The third kappa shape index (κ3) is 5.55. The minimum Gasteiger partial charge on any atom is -0.455 e. The highest BCUT2D eigenvalue weighted by Gasteiger charge is 2.36. The van der Waals surface area contributed by atoms with Gasteiger partial charge in [-0.3, -0.25) is 14.4 Å². The minimum atomic E-state index is -4.60. The predicted molar refractivity (Wildman–Crippen MR) is 108 cm³/mol. The Morgan fingerprint density at radius 2 is 1.87 bits per heavy atom. The summed E-state index contributed by atoms with van der Waals surface area (Å²) in [5.74, 6) is -2.59. The summed E-state index contributed by atoms with van der Waals surface area (Å²) in [6, 6.07) is 9.72. The molecule has 0 unspecified atom stereocenters. The molecule has 0 aromatic heterocycles. The van der Waals surface area contributed by atoms with Gasteiger partial charge in [0.1, 0.15) is 0 Å². The van der Waals surface area contributed by atoms with Gasteiger partial charge in [-0.2, -0.15) is 13.2 Å². The summed E-state index contributed by atoms with van der Waals surface area (Å²) in [6.07, 6.45) is -4.66. The lowest BCUT2D eigenvalue weighted by Gasteiger charge is -2.16. The lowest BCUT2D eigenvalue weighted by molar-refractivity contribution is -0.151. The Balaban J connectivity index is 1.56. The second kappa shape index (κ2) is 8.97. The molecular formula is C21H18ClF3N2O4. The van der Waals surface area contributed by atoms with Crippen LogP contribution in [0.1, 0.15) is 17.5 Å². The van der Waals surface area contributed by atoms with Crippen LogP contribution in [0.25, 0.3) is 0 Å². The zero-order valence-electron chi connectivity index (χ0n) is 16.3. The van der Waals surface area contributed by atoms with Gasteiger partial charge in [-0.05, 0) is 37.3 Å². The summed E-state index contributed by atoms with van der Waals surface area (Å²) in [6.45, 7) is 1.30. The minimum absolute atomic E-state index is 0.0617. The molecule has 0 saturated carbocycles. The Morgan fingerprint density at radius 3 is 2.52 bits per heavy atom. The number of hydrogen-bond acceptors (Lipinski definition) is 4. The van der Waals surface area contributed by atoms with Gasteiger partial charge in [0, 0.05) is 18.7 Å². The van der Waals surface area contributed by atoms with E-state index in [1.54, 1.807) is 12.1 Å². The Morgan fingerprint density at radius 1 is 1.19 bits per heavy atom. The number of rotatable bonds is 5. The van der Waals surface area contributed by atoms with Crippen LogP contribution in [0.3, 0.4) is 0 Å². The zero-order valence-corrected chi connectivity index (χ0v) is 17.1. The van der Waals surface area contributed by atoms with E-state index in [1.165, 1.54) is 4.90 Å². The lowest BCUT2D eigenvalue weighted by atomic mass is 10.1. The van der Waals surface area contributed by atoms with E-state index < -0.39 is 36.1 Å². The maximum Gasteiger partial charge on any atom is 0.416 e. The van der Waals surface area contributed by atoms with E-state index in [4.69, 9.17) is 16.3 Å². The van der Waals surface area contributed by atoms with Crippen LogP contribution in [-0.4, -0.2) is 30.9 Å². The number of esters is 1. The average Bonchev–Trinajstić information content (AvgIpc) is 3.09. The van der Waals surface area contributed by atoms with Crippen LogP contribution in [0.4, 0.5) is 24.5 Å². The number of halogens is 4. The highest BCUT2D eigenvalue weighted by atomic mass is 35.5. The molecule has 0 aliphatic carbocycles. The lowest BCUT2D eigenvalue weighted by Crippen LogP contribution is -2.28. The van der Waals surface area contributed by atoms with Crippen molar-refractivity contribution >= 4 is 40.8 Å². The molecule has 164 valence electrons. The van der Waals surface area contributed by atoms with Gasteiger partial charge >= 0.3 is 12.1 Å². The summed E-state index contributed by atoms with van der Waals surface area (Å²) in [7, 11) is 0. The number of benzene rings is 2. The van der Waals surface area contributed by atoms with Crippen molar-refractivity contribution in [2.24, 2.45) is 5.92 Å². The highest BCUT2D eigenvalue weighted by Crippen LogP contribution is 2.33. The summed E-state index contributed by atoms with van der Waals surface area (Å²) < 4.78 is 43.4. The van der Waals surface area contributed by atoms with Crippen molar-refractivity contribution in [3.05, 3.63) is 58.6 Å². The fourth-order valence-electron chi connectivity index (χ4n) is 3.08. The number of nitrogens with one attached hydrogen (secondary N) is 1. The Hall–Kier alpha value is -3.07. The topological polar surface area (TPSA) is 75.7 Å². The fourth-order valence-corrected chi connectivity index (χ4v) is 3.24. The molecular weight excluding hydrogens is 437 g/mol. The van der Waals surface area contributed by atoms with Crippen LogP contribution in [0.2, 0.25) is 5.02 Å². The Labute approximate surface area is 180 Å². The number of ether oxygens (including phenoxy) is 1. The molecule has 3 rings (SSSR count). The van der Waals surface area contributed by atoms with Crippen molar-refractivity contribution in [2.45, 2.75) is 19.5 Å². The summed E-state index contributed by atoms with van der Waals surface area (Å²) in [4.78, 5) is 38.0. The number of carbonyl (C=O) groups excluding carboxylic acids is 3. The number of alkyl halides is 3. The number of amides is 2. The van der Waals surface area contributed by atoms with E-state index in [1.807, 2.05) is 19.1 Å². The van der Waals surface area contributed by atoms with Gasteiger partial charge in [0.2, 0.25) is 5.91 Å². The van der Waals surface area contributed by atoms with Gasteiger partial charge in [0.05, 0.1) is 22.2 Å². The van der Waals surface area contributed by atoms with Gasteiger partial charge in [-0.25, -0.2) is 0 Å². The first-order chi connectivity index (χ1) is 14.5. The maximum atomic E-state index is 12.8. The van der Waals surface area contributed by atoms with Crippen molar-refractivity contribution in [3.63, 3.8) is 0 Å². The largest absolute Gasteiger partial charge is 0.455 e. The van der Waals surface area contributed by atoms with Crippen molar-refractivity contribution in [3.8, 4) is 0 Å². The van der Waals surface area contributed by atoms with Crippen LogP contribution in [-0.2, 0) is 25.3 Å². The maximum absolute atomic E-state index is 12.8. The Kier molecular flexibility index (Phi) is 6.54. The zero-order chi connectivity index (χ0) is 22.8. The molecule has 0 spiro atoms. The van der Waals surface area contributed by atoms with Crippen molar-refractivity contribution in [1.29, 1.82) is 0 Å². The number of nitrogens with zero attached hydrogens (tertiary/aromatic N) is 1. The monoisotopic (exact) mass is 454 g/mol. The van der Waals surface area contributed by atoms with Gasteiger partial charge in [-0.15, -0.1) is 0 Å². The molecule has 0 bridgehead atoms. The number of aryl methyl sites for hydroxylation is 1. The molecule has 0 radical (unpaired) electrons. The Bertz CT molecular complexity index is 1010. The van der Waals surface area contributed by atoms with E-state index in [-0.39, 0.29) is 29.6 Å². The van der Waals surface area contributed by atoms with Gasteiger partial charge in [0.25, 0.3) is 5.91 Å². The molecule has 31 heavy (non-hydrogen) atoms. The third-order valence-electron chi connectivity index (χ3n) is 4.72. The van der Waals surface area contributed by atoms with Crippen LogP contribution >= 0.6 is 11.6 Å². The van der Waals surface area contributed by atoms with E-state index in [0.29, 0.717) is 11.8 Å². The first kappa shape index (κ1) is 22.6. The van der Waals surface area contributed by atoms with E-state index in [9.17, 15) is 27.6 Å². The molecule has 1 aliphatic rings. The molecule has 2 aromatic rings. The third-order valence-corrected chi connectivity index (χ3v) is 5.05. The van der Waals surface area contributed by atoms with Gasteiger partial charge in [-0.1, -0.05) is 29.3 Å². The van der Waals surface area contributed by atoms with Gasteiger partial charge < -0.3 is 15.0 Å². The normalized spacial score (nSPS) is 16.4. The molecule has 6 nitrogen and oxygen atoms in total. The van der Waals surface area contributed by atoms with E-state index in [2.05, 4.69) is 5.32 Å². The average molecular weight is 455 g/mol. The van der Waals surface area contributed by atoms with Crippen LogP contribution in [0.15, 0.2) is 42.5 Å². The standard InChI is InChI=1S/C21H18ClF3N2O4/c1-12-2-5-15(6-3-12)27-10-13(8-19(27)29)20(30)31-11-18(28)26-17-9-14(21(23,24)25)4-7-16(17)22/h2-7,9,13H,8,10-11H2,1H3,(H,26,28)/t13-/m1/s1. The van der Waals surface area contributed by atoms with E-state index >= 15 is 0 Å². The van der Waals surface area contributed by atoms with Crippen LogP contribution in [0.5, 0.6) is 0 Å². The second-order valence-corrected chi connectivity index (χ2v) is 7.50. The number of carbonyl (C=O) groups is 3. The predicted octanol–water partition coefficient (Wildman–Crippen LogP) is 4.20. The molecule has 1 N–H and O–H groups in total. The SMILES string of the molecule is Cc1ccc(N2C[C@H](C(=O)OCC(=O)Nc3cc(C(F)(F)F)ccc3Cl)CC2=O)cc1. The second-order valence-electron chi connectivity index (χ2n) is 7.09. The summed E-state index contributed by atoms with van der Waals surface area (Å²) in [5.41, 5.74) is 0.449. The summed E-state index contributed by atoms with van der Waals surface area (Å²) >= 11 is 5.82. The first-order valence-corrected chi connectivity index (χ1v) is 9.62. The van der Waals surface area contributed by atoms with Crippen molar-refractivity contribution in [1.82, 2.24) is 0 Å². The van der Waals surface area contributed by atoms with Crippen molar-refractivity contribution in [2.75, 3.05) is 23.4 Å². The quantitative estimate of drug-likeness (QED) is 0.687. The molecule has 2 amide bonds.